The maximum absolute atomic E-state index is 13.0. The number of carbonyl (C=O) groups excluding carboxylic acids is 1. The Hall–Kier alpha value is -2.64. The van der Waals surface area contributed by atoms with Crippen molar-refractivity contribution < 1.29 is 9.53 Å². The van der Waals surface area contributed by atoms with Crippen LogP contribution in [0.25, 0.3) is 10.9 Å². The molecule has 3 aromatic rings. The zero-order valence-electron chi connectivity index (χ0n) is 15.9. The molecule has 146 valence electrons. The number of carbonyl (C=O) groups is 1. The van der Waals surface area contributed by atoms with E-state index >= 15 is 0 Å². The van der Waals surface area contributed by atoms with E-state index in [-0.39, 0.29) is 23.3 Å². The summed E-state index contributed by atoms with van der Waals surface area (Å²) < 4.78 is 5.16. The van der Waals surface area contributed by atoms with Crippen LogP contribution in [0.15, 0.2) is 64.3 Å². The van der Waals surface area contributed by atoms with Gasteiger partial charge in [-0.25, -0.2) is 4.98 Å². The molecule has 0 aliphatic carbocycles. The van der Waals surface area contributed by atoms with Gasteiger partial charge in [0.05, 0.1) is 29.3 Å². The number of para-hydroxylation sites is 1. The van der Waals surface area contributed by atoms with Crippen LogP contribution in [0.5, 0.6) is 0 Å². The molecule has 0 saturated carbocycles. The zero-order valence-corrected chi connectivity index (χ0v) is 16.7. The Morgan fingerprint density at radius 3 is 2.64 bits per heavy atom. The van der Waals surface area contributed by atoms with Crippen LogP contribution in [0.1, 0.15) is 12.7 Å². The van der Waals surface area contributed by atoms with Gasteiger partial charge in [0, 0.05) is 18.6 Å². The Balaban J connectivity index is 1.79. The lowest BCUT2D eigenvalue weighted by Gasteiger charge is -2.25. The molecule has 28 heavy (non-hydrogen) atoms. The van der Waals surface area contributed by atoms with E-state index in [1.807, 2.05) is 43.3 Å². The second-order valence-corrected chi connectivity index (χ2v) is 7.77. The fraction of sp³-hybridized carbons (Fsp3) is 0.286. The monoisotopic (exact) mass is 397 g/mol. The molecule has 1 N–H and O–H groups in total. The van der Waals surface area contributed by atoms with Gasteiger partial charge in [-0.3, -0.25) is 9.59 Å². The minimum Gasteiger partial charge on any atom is -0.383 e. The highest BCUT2D eigenvalue weighted by Gasteiger charge is 2.22. The van der Waals surface area contributed by atoms with Crippen LogP contribution in [0.2, 0.25) is 0 Å². The molecule has 7 heteroatoms. The largest absolute Gasteiger partial charge is 0.383 e. The average Bonchev–Trinajstić information content (AvgIpc) is 2.71. The predicted octanol–water partition coefficient (Wildman–Crippen LogP) is 3.08. The molecule has 1 amide bonds. The number of benzene rings is 2. The van der Waals surface area contributed by atoms with E-state index in [0.717, 1.165) is 4.90 Å². The van der Waals surface area contributed by atoms with Crippen LogP contribution >= 0.6 is 11.8 Å². The molecule has 6 nitrogen and oxygen atoms in total. The summed E-state index contributed by atoms with van der Waals surface area (Å²) in [6.07, 6.45) is 0. The quantitative estimate of drug-likeness (QED) is 0.591. The number of nitrogens with one attached hydrogen (secondary N) is 1. The molecule has 0 aliphatic rings. The number of hydrogen-bond donors (Lipinski definition) is 1. The van der Waals surface area contributed by atoms with Crippen molar-refractivity contribution in [1.82, 2.24) is 14.9 Å². The lowest BCUT2D eigenvalue weighted by Crippen LogP contribution is -2.39. The molecule has 0 saturated heterocycles. The molecule has 1 heterocycles. The van der Waals surface area contributed by atoms with Crippen molar-refractivity contribution >= 4 is 28.6 Å². The lowest BCUT2D eigenvalue weighted by molar-refractivity contribution is -0.131. The van der Waals surface area contributed by atoms with Gasteiger partial charge in [-0.1, -0.05) is 30.3 Å². The summed E-state index contributed by atoms with van der Waals surface area (Å²) in [5.41, 5.74) is 0.415. The predicted molar refractivity (Wildman–Crippen MR) is 111 cm³/mol. The molecule has 0 radical (unpaired) electrons. The van der Waals surface area contributed by atoms with Gasteiger partial charge in [-0.15, -0.1) is 11.8 Å². The molecule has 1 aromatic heterocycles. The third-order valence-electron chi connectivity index (χ3n) is 4.28. The second-order valence-electron chi connectivity index (χ2n) is 6.36. The van der Waals surface area contributed by atoms with E-state index in [9.17, 15) is 9.59 Å². The number of fused-ring (bicyclic) bond motifs is 1. The number of amides is 1. The number of rotatable bonds is 8. The number of ether oxygens (including phenoxy) is 1. The van der Waals surface area contributed by atoms with E-state index in [1.165, 1.54) is 11.8 Å². The van der Waals surface area contributed by atoms with Gasteiger partial charge in [-0.2, -0.15) is 0 Å². The van der Waals surface area contributed by atoms with Gasteiger partial charge in [-0.05, 0) is 31.2 Å². The van der Waals surface area contributed by atoms with Gasteiger partial charge in [0.15, 0.2) is 0 Å². The maximum Gasteiger partial charge on any atom is 0.258 e. The van der Waals surface area contributed by atoms with Crippen LogP contribution in [-0.4, -0.2) is 46.3 Å². The van der Waals surface area contributed by atoms with E-state index in [0.29, 0.717) is 29.9 Å². The Labute approximate surface area is 167 Å². The van der Waals surface area contributed by atoms with Gasteiger partial charge in [0.25, 0.3) is 5.56 Å². The van der Waals surface area contributed by atoms with Crippen LogP contribution in [-0.2, 0) is 16.1 Å². The molecule has 0 spiro atoms. The maximum atomic E-state index is 13.0. The average molecular weight is 398 g/mol. The minimum absolute atomic E-state index is 0.0262. The van der Waals surface area contributed by atoms with Crippen molar-refractivity contribution in [2.75, 3.05) is 20.3 Å². The van der Waals surface area contributed by atoms with E-state index in [4.69, 9.17) is 4.74 Å². The molecule has 1 atom stereocenters. The molecule has 0 bridgehead atoms. The first-order valence-corrected chi connectivity index (χ1v) is 9.94. The smallest absolute Gasteiger partial charge is 0.258 e. The summed E-state index contributed by atoms with van der Waals surface area (Å²) in [6, 6.07) is 17.0. The topological polar surface area (TPSA) is 75.3 Å². The lowest BCUT2D eigenvalue weighted by atomic mass is 10.2. The van der Waals surface area contributed by atoms with Gasteiger partial charge >= 0.3 is 0 Å². The number of nitrogens with zero attached hydrogens (tertiary/aromatic N) is 2. The molecule has 0 unspecified atom stereocenters. The summed E-state index contributed by atoms with van der Waals surface area (Å²) in [7, 11) is 1.60. The normalized spacial score (nSPS) is 12.1. The van der Waals surface area contributed by atoms with E-state index in [1.54, 1.807) is 30.2 Å². The van der Waals surface area contributed by atoms with E-state index < -0.39 is 0 Å². The molecule has 0 fully saturated rings. The van der Waals surface area contributed by atoms with E-state index in [2.05, 4.69) is 9.97 Å². The standard InChI is InChI=1S/C21H23N3O3S/c1-15(28-16-8-4-3-5-9-16)21(26)24(12-13-27-2)14-19-22-18-11-7-6-10-17(18)20(25)23-19/h3-11,15H,12-14H2,1-2H3,(H,22,23,25)/t15-/m1/s1. The summed E-state index contributed by atoms with van der Waals surface area (Å²) >= 11 is 1.51. The molecular weight excluding hydrogens is 374 g/mol. The van der Waals surface area contributed by atoms with Crippen molar-refractivity contribution in [3.05, 3.63) is 70.8 Å². The number of thioether (sulfide) groups is 1. The molecule has 0 aliphatic heterocycles. The highest BCUT2D eigenvalue weighted by Crippen LogP contribution is 2.24. The van der Waals surface area contributed by atoms with Crippen molar-refractivity contribution in [2.45, 2.75) is 23.6 Å². The highest BCUT2D eigenvalue weighted by atomic mass is 32.2. The van der Waals surface area contributed by atoms with Crippen molar-refractivity contribution in [3.8, 4) is 0 Å². The Bertz CT molecular complexity index is 991. The number of methoxy groups -OCH3 is 1. The summed E-state index contributed by atoms with van der Waals surface area (Å²) in [5.74, 6) is 0.437. The van der Waals surface area contributed by atoms with Crippen molar-refractivity contribution in [2.24, 2.45) is 0 Å². The third-order valence-corrected chi connectivity index (χ3v) is 5.38. The van der Waals surface area contributed by atoms with Crippen LogP contribution in [0.4, 0.5) is 0 Å². The van der Waals surface area contributed by atoms with Gasteiger partial charge in [0.1, 0.15) is 5.82 Å². The minimum atomic E-state index is -0.272. The number of hydrogen-bond acceptors (Lipinski definition) is 5. The summed E-state index contributed by atoms with van der Waals surface area (Å²) in [6.45, 7) is 2.94. The summed E-state index contributed by atoms with van der Waals surface area (Å²) in [4.78, 5) is 35.4. The first kappa shape index (κ1) is 20.1. The van der Waals surface area contributed by atoms with Crippen molar-refractivity contribution in [1.29, 1.82) is 0 Å². The second kappa shape index (κ2) is 9.52. The molecule has 2 aromatic carbocycles. The fourth-order valence-corrected chi connectivity index (χ4v) is 3.84. The Morgan fingerprint density at radius 1 is 1.18 bits per heavy atom. The van der Waals surface area contributed by atoms with Crippen molar-refractivity contribution in [3.63, 3.8) is 0 Å². The van der Waals surface area contributed by atoms with Crippen LogP contribution in [0, 0.1) is 0 Å². The highest BCUT2D eigenvalue weighted by molar-refractivity contribution is 8.00. The zero-order chi connectivity index (χ0) is 19.9. The number of aromatic nitrogens is 2. The van der Waals surface area contributed by atoms with Gasteiger partial charge in [0.2, 0.25) is 5.91 Å². The third kappa shape index (κ3) is 4.99. The first-order valence-electron chi connectivity index (χ1n) is 9.06. The Kier molecular flexibility index (Phi) is 6.84. The molecule has 3 rings (SSSR count). The van der Waals surface area contributed by atoms with Crippen LogP contribution in [0.3, 0.4) is 0 Å². The summed E-state index contributed by atoms with van der Waals surface area (Å²) in [5, 5.41) is 0.264. The Morgan fingerprint density at radius 2 is 1.89 bits per heavy atom. The molecular formula is C21H23N3O3S. The SMILES string of the molecule is COCCN(Cc1nc2ccccc2c(=O)[nH]1)C(=O)[C@@H](C)Sc1ccccc1. The number of aromatic amines is 1. The first-order chi connectivity index (χ1) is 13.6. The fourth-order valence-electron chi connectivity index (χ4n) is 2.87. The van der Waals surface area contributed by atoms with Crippen LogP contribution < -0.4 is 5.56 Å². The number of H-pyrrole nitrogens is 1. The van der Waals surface area contributed by atoms with Gasteiger partial charge < -0.3 is 14.6 Å².